The van der Waals surface area contributed by atoms with Crippen molar-refractivity contribution in [3.8, 4) is 0 Å². The fourth-order valence-electron chi connectivity index (χ4n) is 1.15. The van der Waals surface area contributed by atoms with E-state index in [-0.39, 0.29) is 5.91 Å². The lowest BCUT2D eigenvalue weighted by molar-refractivity contribution is 0.102. The Balaban J connectivity index is 2.19. The molecule has 0 spiro atoms. The van der Waals surface area contributed by atoms with Gasteiger partial charge in [-0.25, -0.2) is 0 Å². The predicted octanol–water partition coefficient (Wildman–Crippen LogP) is 0.706. The average Bonchev–Trinajstić information content (AvgIpc) is 2.31. The van der Waals surface area contributed by atoms with Gasteiger partial charge in [0, 0.05) is 24.3 Å². The minimum absolute atomic E-state index is 0.313. The van der Waals surface area contributed by atoms with Crippen molar-refractivity contribution in [1.82, 2.24) is 15.2 Å². The van der Waals surface area contributed by atoms with Gasteiger partial charge < -0.3 is 11.1 Å². The third-order valence-corrected chi connectivity index (χ3v) is 1.91. The second-order valence-electron chi connectivity index (χ2n) is 3.03. The predicted molar refractivity (Wildman–Crippen MR) is 58.6 cm³/mol. The third-order valence-electron chi connectivity index (χ3n) is 1.91. The largest absolute Gasteiger partial charge is 0.398 e. The number of amides is 1. The van der Waals surface area contributed by atoms with Gasteiger partial charge in [0.15, 0.2) is 5.82 Å². The molecule has 0 radical (unpaired) electrons. The van der Waals surface area contributed by atoms with Crippen molar-refractivity contribution < 1.29 is 4.79 Å². The molecule has 0 unspecified atom stereocenters. The summed E-state index contributed by atoms with van der Waals surface area (Å²) in [7, 11) is 0. The lowest BCUT2D eigenvalue weighted by Gasteiger charge is -2.04. The van der Waals surface area contributed by atoms with E-state index in [2.05, 4.69) is 20.5 Å². The maximum atomic E-state index is 11.7. The van der Waals surface area contributed by atoms with Crippen LogP contribution in [0.3, 0.4) is 0 Å². The summed E-state index contributed by atoms with van der Waals surface area (Å²) in [5, 5.41) is 9.94. The SMILES string of the molecule is Nc1ccncc1C(=O)Nc1cccnn1. The molecule has 0 bridgehead atoms. The van der Waals surface area contributed by atoms with Gasteiger partial charge in [-0.3, -0.25) is 9.78 Å². The molecule has 0 aromatic carbocycles. The molecule has 0 saturated heterocycles. The molecule has 6 nitrogen and oxygen atoms in total. The Labute approximate surface area is 91.5 Å². The molecule has 16 heavy (non-hydrogen) atoms. The van der Waals surface area contributed by atoms with Gasteiger partial charge in [-0.2, -0.15) is 5.10 Å². The molecule has 0 saturated carbocycles. The summed E-state index contributed by atoms with van der Waals surface area (Å²) in [4.78, 5) is 15.6. The van der Waals surface area contributed by atoms with E-state index in [1.807, 2.05) is 0 Å². The molecule has 2 aromatic rings. The molecule has 80 valence electrons. The topological polar surface area (TPSA) is 93.8 Å². The van der Waals surface area contributed by atoms with Crippen LogP contribution < -0.4 is 11.1 Å². The van der Waals surface area contributed by atoms with Crippen LogP contribution in [0.1, 0.15) is 10.4 Å². The van der Waals surface area contributed by atoms with Gasteiger partial charge in [0.1, 0.15) is 0 Å². The molecule has 0 aliphatic rings. The monoisotopic (exact) mass is 215 g/mol. The maximum absolute atomic E-state index is 11.7. The van der Waals surface area contributed by atoms with E-state index in [1.165, 1.54) is 18.6 Å². The first-order chi connectivity index (χ1) is 7.77. The number of hydrogen-bond acceptors (Lipinski definition) is 5. The van der Waals surface area contributed by atoms with Gasteiger partial charge >= 0.3 is 0 Å². The summed E-state index contributed by atoms with van der Waals surface area (Å²) < 4.78 is 0. The Kier molecular flexibility index (Phi) is 2.73. The molecular formula is C10H9N5O. The number of nitrogen functional groups attached to an aromatic ring is 1. The number of anilines is 2. The van der Waals surface area contributed by atoms with Gasteiger partial charge in [-0.1, -0.05) is 0 Å². The van der Waals surface area contributed by atoms with E-state index in [9.17, 15) is 4.79 Å². The standard InChI is InChI=1S/C10H9N5O/c11-8-3-5-12-6-7(8)10(16)14-9-2-1-4-13-15-9/h1-6H,(H2,11,12)(H,14,15,16). The highest BCUT2D eigenvalue weighted by atomic mass is 16.1. The van der Waals surface area contributed by atoms with Crippen LogP contribution in [0.5, 0.6) is 0 Å². The Hall–Kier alpha value is -2.50. The third kappa shape index (κ3) is 2.11. The Bertz CT molecular complexity index is 500. The summed E-state index contributed by atoms with van der Waals surface area (Å²) in [5.41, 5.74) is 6.32. The fourth-order valence-corrected chi connectivity index (χ4v) is 1.15. The lowest BCUT2D eigenvalue weighted by Crippen LogP contribution is -2.15. The quantitative estimate of drug-likeness (QED) is 0.769. The number of carbonyl (C=O) groups excluding carboxylic acids is 1. The van der Waals surface area contributed by atoms with E-state index in [1.54, 1.807) is 18.2 Å². The Morgan fingerprint density at radius 3 is 2.88 bits per heavy atom. The zero-order chi connectivity index (χ0) is 11.4. The van der Waals surface area contributed by atoms with Crippen molar-refractivity contribution in [2.45, 2.75) is 0 Å². The average molecular weight is 215 g/mol. The maximum Gasteiger partial charge on any atom is 0.260 e. The summed E-state index contributed by atoms with van der Waals surface area (Å²) >= 11 is 0. The molecule has 6 heteroatoms. The number of nitrogens with one attached hydrogen (secondary N) is 1. The van der Waals surface area contributed by atoms with Crippen LogP contribution in [-0.2, 0) is 0 Å². The first-order valence-corrected chi connectivity index (χ1v) is 4.56. The molecule has 2 heterocycles. The Morgan fingerprint density at radius 2 is 2.19 bits per heavy atom. The number of aromatic nitrogens is 3. The van der Waals surface area contributed by atoms with E-state index < -0.39 is 0 Å². The number of nitrogens with two attached hydrogens (primary N) is 1. The fraction of sp³-hybridized carbons (Fsp3) is 0. The summed E-state index contributed by atoms with van der Waals surface area (Å²) in [6, 6.07) is 4.87. The van der Waals surface area contributed by atoms with Crippen molar-refractivity contribution in [3.05, 3.63) is 42.4 Å². The molecule has 0 aliphatic carbocycles. The van der Waals surface area contributed by atoms with Gasteiger partial charge in [0.2, 0.25) is 0 Å². The number of hydrogen-bond donors (Lipinski definition) is 2. The van der Waals surface area contributed by atoms with Crippen LogP contribution in [0, 0.1) is 0 Å². The second kappa shape index (κ2) is 4.35. The van der Waals surface area contributed by atoms with Crippen molar-refractivity contribution in [2.24, 2.45) is 0 Å². The molecule has 2 aromatic heterocycles. The molecule has 0 aliphatic heterocycles. The Morgan fingerprint density at radius 1 is 1.31 bits per heavy atom. The van der Waals surface area contributed by atoms with E-state index in [4.69, 9.17) is 5.73 Å². The molecule has 0 fully saturated rings. The number of rotatable bonds is 2. The van der Waals surface area contributed by atoms with Crippen LogP contribution >= 0.6 is 0 Å². The lowest BCUT2D eigenvalue weighted by atomic mass is 10.2. The zero-order valence-corrected chi connectivity index (χ0v) is 8.29. The molecule has 2 rings (SSSR count). The number of carbonyl (C=O) groups is 1. The van der Waals surface area contributed by atoms with Crippen molar-refractivity contribution in [3.63, 3.8) is 0 Å². The van der Waals surface area contributed by atoms with Gasteiger partial charge in [-0.15, -0.1) is 5.10 Å². The normalized spacial score (nSPS) is 9.75. The van der Waals surface area contributed by atoms with Crippen molar-refractivity contribution in [1.29, 1.82) is 0 Å². The van der Waals surface area contributed by atoms with Crippen LogP contribution in [0.25, 0.3) is 0 Å². The molecule has 3 N–H and O–H groups in total. The highest BCUT2D eigenvalue weighted by molar-refractivity contribution is 6.06. The van der Waals surface area contributed by atoms with Crippen LogP contribution in [0.15, 0.2) is 36.8 Å². The van der Waals surface area contributed by atoms with Crippen LogP contribution in [0.4, 0.5) is 11.5 Å². The number of nitrogens with zero attached hydrogens (tertiary/aromatic N) is 3. The van der Waals surface area contributed by atoms with Gasteiger partial charge in [-0.05, 0) is 18.2 Å². The minimum atomic E-state index is -0.355. The van der Waals surface area contributed by atoms with E-state index in [0.29, 0.717) is 17.1 Å². The smallest absolute Gasteiger partial charge is 0.260 e. The van der Waals surface area contributed by atoms with Crippen LogP contribution in [0.2, 0.25) is 0 Å². The molecule has 0 atom stereocenters. The summed E-state index contributed by atoms with van der Waals surface area (Å²) in [6.45, 7) is 0. The van der Waals surface area contributed by atoms with E-state index in [0.717, 1.165) is 0 Å². The summed E-state index contributed by atoms with van der Waals surface area (Å²) in [6.07, 6.45) is 4.45. The molecular weight excluding hydrogens is 206 g/mol. The highest BCUT2D eigenvalue weighted by Gasteiger charge is 2.09. The zero-order valence-electron chi connectivity index (χ0n) is 8.29. The van der Waals surface area contributed by atoms with E-state index >= 15 is 0 Å². The van der Waals surface area contributed by atoms with Gasteiger partial charge in [0.05, 0.1) is 5.56 Å². The second-order valence-corrected chi connectivity index (χ2v) is 3.03. The van der Waals surface area contributed by atoms with Gasteiger partial charge in [0.25, 0.3) is 5.91 Å². The summed E-state index contributed by atoms with van der Waals surface area (Å²) in [5.74, 6) is 0.0156. The first kappa shape index (κ1) is 10.0. The van der Waals surface area contributed by atoms with Crippen LogP contribution in [-0.4, -0.2) is 21.1 Å². The number of pyridine rings is 1. The highest BCUT2D eigenvalue weighted by Crippen LogP contribution is 2.10. The first-order valence-electron chi connectivity index (χ1n) is 4.56. The van der Waals surface area contributed by atoms with Crippen molar-refractivity contribution in [2.75, 3.05) is 11.1 Å². The minimum Gasteiger partial charge on any atom is -0.398 e. The van der Waals surface area contributed by atoms with Crippen molar-refractivity contribution >= 4 is 17.4 Å². The molecule has 1 amide bonds.